The van der Waals surface area contributed by atoms with Crippen LogP contribution >= 0.6 is 0 Å². The molecule has 5 nitrogen and oxygen atoms in total. The smallest absolute Gasteiger partial charge is 0.239 e. The number of nitrogens with zero attached hydrogens (tertiary/aromatic N) is 1. The third kappa shape index (κ3) is 1.48. The summed E-state index contributed by atoms with van der Waals surface area (Å²) >= 11 is 0. The summed E-state index contributed by atoms with van der Waals surface area (Å²) in [5.41, 5.74) is 2.03. The second-order valence-electron chi connectivity index (χ2n) is 2.68. The Kier molecular flexibility index (Phi) is 2.09. The van der Waals surface area contributed by atoms with Crippen molar-refractivity contribution in [1.29, 1.82) is 0 Å². The molecule has 1 aliphatic rings. The Morgan fingerprint density at radius 1 is 1.82 bits per heavy atom. The molecular weight excluding hydrogens is 146 g/mol. The van der Waals surface area contributed by atoms with Gasteiger partial charge in [0.25, 0.3) is 0 Å². The molecule has 1 saturated heterocycles. The number of nitrogens with two attached hydrogens (primary N) is 1. The second kappa shape index (κ2) is 2.87. The normalized spacial score (nSPS) is 24.0. The number of likely N-dealkylation sites (tertiary alicyclic amines) is 1. The minimum Gasteiger partial charge on any atom is -0.345 e. The number of nitrogens with one attached hydrogen (secondary N) is 1. The Morgan fingerprint density at radius 3 is 2.82 bits per heavy atom. The maximum absolute atomic E-state index is 10.9. The van der Waals surface area contributed by atoms with Crippen LogP contribution in [0.15, 0.2) is 0 Å². The van der Waals surface area contributed by atoms with Gasteiger partial charge in [0.2, 0.25) is 11.8 Å². The van der Waals surface area contributed by atoms with Gasteiger partial charge in [-0.25, -0.2) is 5.84 Å². The molecular formula is C6H11N3O2. The summed E-state index contributed by atoms with van der Waals surface area (Å²) < 4.78 is 0. The summed E-state index contributed by atoms with van der Waals surface area (Å²) in [6, 6.07) is 0. The molecule has 3 N–H and O–H groups in total. The monoisotopic (exact) mass is 157 g/mol. The zero-order valence-corrected chi connectivity index (χ0v) is 6.33. The third-order valence-corrected chi connectivity index (χ3v) is 1.85. The zero-order chi connectivity index (χ0) is 8.43. The summed E-state index contributed by atoms with van der Waals surface area (Å²) in [4.78, 5) is 23.3. The lowest BCUT2D eigenvalue weighted by atomic mass is 10.1. The lowest BCUT2D eigenvalue weighted by molar-refractivity contribution is -0.128. The highest BCUT2D eigenvalue weighted by molar-refractivity contribution is 5.88. The van der Waals surface area contributed by atoms with E-state index in [9.17, 15) is 9.59 Å². The lowest BCUT2D eigenvalue weighted by Gasteiger charge is -2.07. The molecule has 1 heterocycles. The molecule has 62 valence electrons. The first-order chi connectivity index (χ1) is 5.15. The average molecular weight is 157 g/mol. The molecule has 1 atom stereocenters. The van der Waals surface area contributed by atoms with Crippen LogP contribution in [0.5, 0.6) is 0 Å². The number of hydrazine groups is 1. The number of rotatable bonds is 1. The molecule has 1 aliphatic heterocycles. The summed E-state index contributed by atoms with van der Waals surface area (Å²) in [5, 5.41) is 0. The standard InChI is InChI=1S/C6H11N3O2/c1-9-3-4(2-5(9)10)6(11)8-7/h4H,2-3,7H2,1H3,(H,8,11)/t4-/m1/s1. The highest BCUT2D eigenvalue weighted by Gasteiger charge is 2.31. The largest absolute Gasteiger partial charge is 0.345 e. The lowest BCUT2D eigenvalue weighted by Crippen LogP contribution is -2.36. The quantitative estimate of drug-likeness (QED) is 0.275. The number of carbonyl (C=O) groups is 2. The Balaban J connectivity index is 2.53. The fraction of sp³-hybridized carbons (Fsp3) is 0.667. The van der Waals surface area contributed by atoms with E-state index in [0.717, 1.165) is 0 Å². The molecule has 11 heavy (non-hydrogen) atoms. The fourth-order valence-corrected chi connectivity index (χ4v) is 1.16. The van der Waals surface area contributed by atoms with Gasteiger partial charge in [-0.2, -0.15) is 0 Å². The van der Waals surface area contributed by atoms with Crippen LogP contribution in [0.4, 0.5) is 0 Å². The maximum Gasteiger partial charge on any atom is 0.239 e. The molecule has 0 aliphatic carbocycles. The van der Waals surface area contributed by atoms with Crippen LogP contribution in [0.25, 0.3) is 0 Å². The van der Waals surface area contributed by atoms with E-state index in [2.05, 4.69) is 0 Å². The average Bonchev–Trinajstić information content (AvgIpc) is 2.31. The molecule has 0 spiro atoms. The molecule has 1 fully saturated rings. The van der Waals surface area contributed by atoms with Gasteiger partial charge < -0.3 is 4.90 Å². The van der Waals surface area contributed by atoms with Crippen molar-refractivity contribution in [2.45, 2.75) is 6.42 Å². The summed E-state index contributed by atoms with van der Waals surface area (Å²) in [6.45, 7) is 0.474. The molecule has 0 unspecified atom stereocenters. The van der Waals surface area contributed by atoms with Crippen LogP contribution in [0, 0.1) is 5.92 Å². The van der Waals surface area contributed by atoms with E-state index in [-0.39, 0.29) is 24.2 Å². The van der Waals surface area contributed by atoms with Crippen LogP contribution in [0.2, 0.25) is 0 Å². The van der Waals surface area contributed by atoms with Crippen molar-refractivity contribution in [3.63, 3.8) is 0 Å². The number of amides is 2. The van der Waals surface area contributed by atoms with E-state index in [1.165, 1.54) is 4.90 Å². The molecule has 2 amide bonds. The minimum atomic E-state index is -0.266. The molecule has 5 heteroatoms. The molecule has 0 bridgehead atoms. The summed E-state index contributed by atoms with van der Waals surface area (Å²) in [7, 11) is 1.67. The van der Waals surface area contributed by atoms with Crippen molar-refractivity contribution in [3.05, 3.63) is 0 Å². The van der Waals surface area contributed by atoms with Crippen molar-refractivity contribution in [1.82, 2.24) is 10.3 Å². The van der Waals surface area contributed by atoms with Crippen molar-refractivity contribution in [2.24, 2.45) is 11.8 Å². The van der Waals surface area contributed by atoms with Gasteiger partial charge in [-0.1, -0.05) is 0 Å². The summed E-state index contributed by atoms with van der Waals surface area (Å²) in [5.74, 6) is 4.38. The van der Waals surface area contributed by atoms with Crippen LogP contribution in [-0.2, 0) is 9.59 Å². The molecule has 0 aromatic rings. The minimum absolute atomic E-state index is 0.00130. The van der Waals surface area contributed by atoms with E-state index in [4.69, 9.17) is 5.84 Å². The number of hydrogen-bond donors (Lipinski definition) is 2. The predicted octanol–water partition coefficient (Wildman–Crippen LogP) is -1.55. The molecule has 0 aromatic heterocycles. The Hall–Kier alpha value is -1.10. The molecule has 0 radical (unpaired) electrons. The Bertz CT molecular complexity index is 192. The van der Waals surface area contributed by atoms with Crippen molar-refractivity contribution in [2.75, 3.05) is 13.6 Å². The zero-order valence-electron chi connectivity index (χ0n) is 6.33. The van der Waals surface area contributed by atoms with Gasteiger partial charge in [-0.3, -0.25) is 15.0 Å². The van der Waals surface area contributed by atoms with Crippen molar-refractivity contribution in [3.8, 4) is 0 Å². The van der Waals surface area contributed by atoms with Crippen molar-refractivity contribution < 1.29 is 9.59 Å². The number of hydrogen-bond acceptors (Lipinski definition) is 3. The molecule has 0 aromatic carbocycles. The van der Waals surface area contributed by atoms with E-state index < -0.39 is 0 Å². The van der Waals surface area contributed by atoms with Gasteiger partial charge >= 0.3 is 0 Å². The third-order valence-electron chi connectivity index (χ3n) is 1.85. The Morgan fingerprint density at radius 2 is 2.45 bits per heavy atom. The van der Waals surface area contributed by atoms with Gasteiger partial charge in [0.15, 0.2) is 0 Å². The first kappa shape index (κ1) is 8.00. The van der Waals surface area contributed by atoms with Crippen molar-refractivity contribution >= 4 is 11.8 Å². The van der Waals surface area contributed by atoms with E-state index in [1.807, 2.05) is 5.43 Å². The van der Waals surface area contributed by atoms with E-state index in [0.29, 0.717) is 6.54 Å². The SMILES string of the molecule is CN1C[C@H](C(=O)NN)CC1=O. The Labute approximate surface area is 64.5 Å². The van der Waals surface area contributed by atoms with Gasteiger partial charge in [0.05, 0.1) is 5.92 Å². The molecule has 1 rings (SSSR count). The summed E-state index contributed by atoms with van der Waals surface area (Å²) in [6.07, 6.45) is 0.277. The van der Waals surface area contributed by atoms with E-state index >= 15 is 0 Å². The fourth-order valence-electron chi connectivity index (χ4n) is 1.16. The predicted molar refractivity (Wildman–Crippen MR) is 38.1 cm³/mol. The highest BCUT2D eigenvalue weighted by Crippen LogP contribution is 2.15. The van der Waals surface area contributed by atoms with Crippen LogP contribution in [-0.4, -0.2) is 30.3 Å². The van der Waals surface area contributed by atoms with Gasteiger partial charge in [0, 0.05) is 20.0 Å². The van der Waals surface area contributed by atoms with Gasteiger partial charge in [-0.15, -0.1) is 0 Å². The highest BCUT2D eigenvalue weighted by atomic mass is 16.2. The second-order valence-corrected chi connectivity index (χ2v) is 2.68. The first-order valence-corrected chi connectivity index (χ1v) is 3.39. The van der Waals surface area contributed by atoms with Crippen LogP contribution in [0.3, 0.4) is 0 Å². The van der Waals surface area contributed by atoms with Gasteiger partial charge in [0.1, 0.15) is 0 Å². The number of carbonyl (C=O) groups excluding carboxylic acids is 2. The van der Waals surface area contributed by atoms with Crippen LogP contribution < -0.4 is 11.3 Å². The van der Waals surface area contributed by atoms with E-state index in [1.54, 1.807) is 7.05 Å². The van der Waals surface area contributed by atoms with Gasteiger partial charge in [-0.05, 0) is 0 Å². The first-order valence-electron chi connectivity index (χ1n) is 3.39. The maximum atomic E-state index is 10.9. The molecule has 0 saturated carbocycles. The van der Waals surface area contributed by atoms with Crippen LogP contribution in [0.1, 0.15) is 6.42 Å². The topological polar surface area (TPSA) is 75.4 Å².